The molecular formula is C10H9ClN2O4S. The Morgan fingerprint density at radius 1 is 1.44 bits per heavy atom. The largest absolute Gasteiger partial charge is 0.330 e. The maximum atomic E-state index is 11.3. The number of nitro benzene ring substituents is 1. The van der Waals surface area contributed by atoms with Gasteiger partial charge in [-0.2, -0.15) is 0 Å². The van der Waals surface area contributed by atoms with Gasteiger partial charge in [-0.25, -0.2) is 8.42 Å². The fraction of sp³-hybridized carbons (Fsp3) is 0.200. The summed E-state index contributed by atoms with van der Waals surface area (Å²) in [5.74, 6) is 4.99. The molecule has 0 aromatic heterocycles. The average molecular weight is 289 g/mol. The minimum absolute atomic E-state index is 0.217. The van der Waals surface area contributed by atoms with E-state index in [1.807, 2.05) is 0 Å². The first-order valence-corrected chi connectivity index (χ1v) is 7.10. The van der Waals surface area contributed by atoms with Crippen molar-refractivity contribution in [1.82, 2.24) is 0 Å². The summed E-state index contributed by atoms with van der Waals surface area (Å²) in [5, 5.41) is 10.8. The second-order valence-electron chi connectivity index (χ2n) is 3.19. The number of halogens is 1. The molecule has 96 valence electrons. The lowest BCUT2D eigenvalue weighted by Gasteiger charge is -2.01. The van der Waals surface area contributed by atoms with Crippen molar-refractivity contribution in [3.8, 4) is 11.8 Å². The first kappa shape index (κ1) is 14.4. The molecule has 0 aliphatic rings. The Morgan fingerprint density at radius 2 is 2.11 bits per heavy atom. The minimum atomic E-state index is -4.09. The van der Waals surface area contributed by atoms with Crippen molar-refractivity contribution in [3.05, 3.63) is 33.9 Å². The molecule has 0 bridgehead atoms. The Labute approximate surface area is 108 Å². The maximum absolute atomic E-state index is 11.3. The highest BCUT2D eigenvalue weighted by Crippen LogP contribution is 2.27. The van der Waals surface area contributed by atoms with Gasteiger partial charge in [-0.3, -0.25) is 10.1 Å². The van der Waals surface area contributed by atoms with E-state index in [-0.39, 0.29) is 17.0 Å². The van der Waals surface area contributed by atoms with Crippen LogP contribution >= 0.6 is 10.7 Å². The van der Waals surface area contributed by atoms with Crippen molar-refractivity contribution in [2.24, 2.45) is 5.73 Å². The van der Waals surface area contributed by atoms with Crippen LogP contribution in [0.25, 0.3) is 0 Å². The maximum Gasteiger partial charge on any atom is 0.286 e. The van der Waals surface area contributed by atoms with E-state index in [9.17, 15) is 18.5 Å². The van der Waals surface area contributed by atoms with Crippen molar-refractivity contribution >= 4 is 25.4 Å². The molecule has 8 heteroatoms. The number of nitrogens with two attached hydrogens (primary N) is 1. The summed E-state index contributed by atoms with van der Waals surface area (Å²) in [4.78, 5) is 9.73. The van der Waals surface area contributed by atoms with Crippen LogP contribution in [0.3, 0.4) is 0 Å². The number of benzene rings is 1. The van der Waals surface area contributed by atoms with Crippen molar-refractivity contribution < 1.29 is 13.3 Å². The van der Waals surface area contributed by atoms with Gasteiger partial charge in [-0.15, -0.1) is 0 Å². The second kappa shape index (κ2) is 5.82. The van der Waals surface area contributed by atoms with Crippen LogP contribution in [0.2, 0.25) is 0 Å². The zero-order valence-electron chi connectivity index (χ0n) is 9.09. The molecule has 0 aliphatic heterocycles. The van der Waals surface area contributed by atoms with E-state index in [1.54, 1.807) is 0 Å². The van der Waals surface area contributed by atoms with Crippen LogP contribution in [0, 0.1) is 22.0 Å². The van der Waals surface area contributed by atoms with Gasteiger partial charge in [0.2, 0.25) is 0 Å². The van der Waals surface area contributed by atoms with E-state index >= 15 is 0 Å². The summed E-state index contributed by atoms with van der Waals surface area (Å²) in [6.45, 7) is 0.274. The minimum Gasteiger partial charge on any atom is -0.330 e. The van der Waals surface area contributed by atoms with Crippen LogP contribution in [0.4, 0.5) is 5.69 Å². The van der Waals surface area contributed by atoms with Gasteiger partial charge in [0.15, 0.2) is 0 Å². The van der Waals surface area contributed by atoms with Gasteiger partial charge in [-0.05, 0) is 6.07 Å². The number of hydrogen-bond acceptors (Lipinski definition) is 5. The Balaban J connectivity index is 3.51. The molecule has 0 spiro atoms. The normalized spacial score (nSPS) is 10.6. The van der Waals surface area contributed by atoms with E-state index in [0.29, 0.717) is 6.42 Å². The Bertz CT molecular complexity index is 631. The molecule has 2 N–H and O–H groups in total. The van der Waals surface area contributed by atoms with Crippen molar-refractivity contribution in [1.29, 1.82) is 0 Å². The van der Waals surface area contributed by atoms with Crippen LogP contribution in [0.15, 0.2) is 23.1 Å². The molecule has 0 saturated heterocycles. The van der Waals surface area contributed by atoms with Gasteiger partial charge >= 0.3 is 0 Å². The van der Waals surface area contributed by atoms with Crippen LogP contribution < -0.4 is 5.73 Å². The highest BCUT2D eigenvalue weighted by molar-refractivity contribution is 8.13. The third-order valence-corrected chi connectivity index (χ3v) is 3.31. The topological polar surface area (TPSA) is 103 Å². The third-order valence-electron chi connectivity index (χ3n) is 1.95. The quantitative estimate of drug-likeness (QED) is 0.390. The Kier molecular flexibility index (Phi) is 4.67. The van der Waals surface area contributed by atoms with Crippen LogP contribution in [-0.2, 0) is 9.05 Å². The summed E-state index contributed by atoms with van der Waals surface area (Å²) < 4.78 is 22.6. The molecule has 0 heterocycles. The van der Waals surface area contributed by atoms with Gasteiger partial charge in [0.05, 0.1) is 4.92 Å². The first-order valence-electron chi connectivity index (χ1n) is 4.79. The highest BCUT2D eigenvalue weighted by atomic mass is 35.7. The first-order chi connectivity index (χ1) is 8.38. The van der Waals surface area contributed by atoms with E-state index in [1.165, 1.54) is 12.1 Å². The van der Waals surface area contributed by atoms with Crippen LogP contribution in [0.5, 0.6) is 0 Å². The van der Waals surface area contributed by atoms with Gasteiger partial charge < -0.3 is 5.73 Å². The molecule has 6 nitrogen and oxygen atoms in total. The second-order valence-corrected chi connectivity index (χ2v) is 5.72. The number of nitrogens with zero attached hydrogens (tertiary/aromatic N) is 1. The predicted octanol–water partition coefficient (Wildman–Crippen LogP) is 1.22. The van der Waals surface area contributed by atoms with Crippen LogP contribution in [0.1, 0.15) is 12.0 Å². The lowest BCUT2D eigenvalue weighted by atomic mass is 10.2. The summed E-state index contributed by atoms with van der Waals surface area (Å²) in [6.07, 6.45) is 0.299. The SMILES string of the molecule is NCCC#Cc1c([N+](=O)[O-])cccc1S(=O)(=O)Cl. The summed E-state index contributed by atoms with van der Waals surface area (Å²) in [5.41, 5.74) is 4.62. The fourth-order valence-electron chi connectivity index (χ4n) is 1.22. The number of nitro groups is 1. The molecule has 1 aromatic rings. The van der Waals surface area contributed by atoms with E-state index < -0.39 is 19.7 Å². The van der Waals surface area contributed by atoms with Crippen molar-refractivity contribution in [2.75, 3.05) is 6.54 Å². The lowest BCUT2D eigenvalue weighted by Crippen LogP contribution is -2.00. The van der Waals surface area contributed by atoms with Crippen molar-refractivity contribution in [3.63, 3.8) is 0 Å². The fourth-order valence-corrected chi connectivity index (χ4v) is 2.25. The molecule has 0 atom stereocenters. The molecular weight excluding hydrogens is 280 g/mol. The van der Waals surface area contributed by atoms with Crippen molar-refractivity contribution in [2.45, 2.75) is 11.3 Å². The molecule has 0 aliphatic carbocycles. The molecule has 0 saturated carbocycles. The summed E-state index contributed by atoms with van der Waals surface area (Å²) >= 11 is 0. The summed E-state index contributed by atoms with van der Waals surface area (Å²) in [6, 6.07) is 3.57. The van der Waals surface area contributed by atoms with E-state index in [0.717, 1.165) is 6.07 Å². The van der Waals surface area contributed by atoms with Crippen LogP contribution in [-0.4, -0.2) is 19.9 Å². The Hall–Kier alpha value is -1.62. The van der Waals surface area contributed by atoms with Gasteiger partial charge in [0.25, 0.3) is 14.7 Å². The standard InChI is InChI=1S/C10H9ClN2O4S/c11-18(16,17)10-6-3-5-9(13(14)15)8(10)4-1-2-7-12/h3,5-6H,2,7,12H2. The molecule has 0 radical (unpaired) electrons. The molecule has 18 heavy (non-hydrogen) atoms. The van der Waals surface area contributed by atoms with E-state index in [2.05, 4.69) is 11.8 Å². The summed E-state index contributed by atoms with van der Waals surface area (Å²) in [7, 11) is 1.12. The monoisotopic (exact) mass is 288 g/mol. The zero-order valence-corrected chi connectivity index (χ0v) is 10.7. The molecule has 0 fully saturated rings. The highest BCUT2D eigenvalue weighted by Gasteiger charge is 2.22. The third kappa shape index (κ3) is 3.43. The van der Waals surface area contributed by atoms with Gasteiger partial charge in [-0.1, -0.05) is 17.9 Å². The lowest BCUT2D eigenvalue weighted by molar-refractivity contribution is -0.385. The average Bonchev–Trinajstić information content (AvgIpc) is 2.27. The molecule has 1 aromatic carbocycles. The number of rotatable bonds is 3. The molecule has 1 rings (SSSR count). The van der Waals surface area contributed by atoms with E-state index in [4.69, 9.17) is 16.4 Å². The molecule has 0 unspecified atom stereocenters. The predicted molar refractivity (Wildman–Crippen MR) is 66.7 cm³/mol. The smallest absolute Gasteiger partial charge is 0.286 e. The molecule has 0 amide bonds. The van der Waals surface area contributed by atoms with Gasteiger partial charge in [0, 0.05) is 29.7 Å². The van der Waals surface area contributed by atoms with Gasteiger partial charge in [0.1, 0.15) is 10.5 Å². The Morgan fingerprint density at radius 3 is 2.61 bits per heavy atom. The zero-order chi connectivity index (χ0) is 13.8. The number of hydrogen-bond donors (Lipinski definition) is 1.